The molecule has 1 amide bonds. The molecule has 2 aromatic heterocycles. The quantitative estimate of drug-likeness (QED) is 0.450. The Balaban J connectivity index is 1.44. The van der Waals surface area contributed by atoms with Crippen LogP contribution in [0.3, 0.4) is 0 Å². The Hall–Kier alpha value is -3.52. The van der Waals surface area contributed by atoms with Crippen LogP contribution in [0, 0.1) is 0 Å². The third-order valence-electron chi connectivity index (χ3n) is 5.84. The second kappa shape index (κ2) is 9.15. The van der Waals surface area contributed by atoms with Crippen LogP contribution in [-0.2, 0) is 17.7 Å². The van der Waals surface area contributed by atoms with Gasteiger partial charge in [0.25, 0.3) is 0 Å². The van der Waals surface area contributed by atoms with E-state index in [9.17, 15) is 4.79 Å². The second-order valence-corrected chi connectivity index (χ2v) is 8.26. The van der Waals surface area contributed by atoms with Gasteiger partial charge in [-0.25, -0.2) is 14.5 Å². The first-order valence-electron chi connectivity index (χ1n) is 10.9. The van der Waals surface area contributed by atoms with Gasteiger partial charge in [0, 0.05) is 28.2 Å². The normalized spacial score (nSPS) is 15.5. The molecule has 1 N–H and O–H groups in total. The van der Waals surface area contributed by atoms with Gasteiger partial charge in [0.1, 0.15) is 31.1 Å². The predicted octanol–water partition coefficient (Wildman–Crippen LogP) is 4.60. The number of benzene rings is 2. The van der Waals surface area contributed by atoms with Crippen LogP contribution < -0.4 is 4.74 Å². The fourth-order valence-electron chi connectivity index (χ4n) is 4.36. The van der Waals surface area contributed by atoms with Crippen molar-refractivity contribution in [2.75, 3.05) is 19.8 Å². The number of rotatable bonds is 6. The highest BCUT2D eigenvalue weighted by atomic mass is 35.5. The summed E-state index contributed by atoms with van der Waals surface area (Å²) < 4.78 is 12.9. The number of aromatic nitrogens is 4. The molecular weight excluding hydrogens is 442 g/mol. The number of ether oxygens (including phenoxy) is 2. The van der Waals surface area contributed by atoms with Gasteiger partial charge in [-0.2, -0.15) is 5.10 Å². The number of hydrogen-bond acceptors (Lipinski definition) is 5. The molecule has 2 aromatic carbocycles. The molecule has 9 heteroatoms. The fraction of sp³-hybridized carbons (Fsp3) is 0.292. The molecule has 0 fully saturated rings. The highest BCUT2D eigenvalue weighted by Gasteiger charge is 2.35. The van der Waals surface area contributed by atoms with Crippen molar-refractivity contribution in [2.45, 2.75) is 25.9 Å². The van der Waals surface area contributed by atoms with Crippen LogP contribution in [0.2, 0.25) is 5.02 Å². The largest absolute Gasteiger partial charge is 0.492 e. The summed E-state index contributed by atoms with van der Waals surface area (Å²) >= 11 is 6.26. The maximum Gasteiger partial charge on any atom is 0.410 e. The van der Waals surface area contributed by atoms with Crippen molar-refractivity contribution in [3.05, 3.63) is 77.0 Å². The zero-order valence-corrected chi connectivity index (χ0v) is 19.0. The summed E-state index contributed by atoms with van der Waals surface area (Å²) in [5.74, 6) is 0.751. The van der Waals surface area contributed by atoms with Crippen molar-refractivity contribution in [2.24, 2.45) is 0 Å². The van der Waals surface area contributed by atoms with Crippen LogP contribution in [0.1, 0.15) is 29.8 Å². The number of nitrogens with zero attached hydrogens (tertiary/aromatic N) is 4. The van der Waals surface area contributed by atoms with Crippen molar-refractivity contribution < 1.29 is 14.3 Å². The summed E-state index contributed by atoms with van der Waals surface area (Å²) in [6.45, 7) is 3.80. The van der Waals surface area contributed by atoms with Crippen LogP contribution in [0.4, 0.5) is 4.79 Å². The molecule has 3 heterocycles. The lowest BCUT2D eigenvalue weighted by Crippen LogP contribution is -2.40. The highest BCUT2D eigenvalue weighted by Crippen LogP contribution is 2.39. The average molecular weight is 466 g/mol. The van der Waals surface area contributed by atoms with Crippen LogP contribution in [-0.4, -0.2) is 50.5 Å². The number of hydrogen-bond donors (Lipinski definition) is 1. The van der Waals surface area contributed by atoms with Crippen LogP contribution >= 0.6 is 11.6 Å². The van der Waals surface area contributed by atoms with E-state index in [2.05, 4.69) is 15.1 Å². The zero-order chi connectivity index (χ0) is 22.8. The van der Waals surface area contributed by atoms with Gasteiger partial charge in [0.2, 0.25) is 0 Å². The Morgan fingerprint density at radius 3 is 2.85 bits per heavy atom. The van der Waals surface area contributed by atoms with E-state index in [1.165, 1.54) is 11.9 Å². The van der Waals surface area contributed by atoms with Gasteiger partial charge in [0.05, 0.1) is 13.2 Å². The van der Waals surface area contributed by atoms with Crippen molar-refractivity contribution in [3.8, 4) is 5.75 Å². The van der Waals surface area contributed by atoms with Gasteiger partial charge in [-0.1, -0.05) is 23.7 Å². The molecular formula is C24H24ClN5O3. The van der Waals surface area contributed by atoms with E-state index >= 15 is 0 Å². The molecule has 0 spiro atoms. The highest BCUT2D eigenvalue weighted by molar-refractivity contribution is 6.31. The van der Waals surface area contributed by atoms with Gasteiger partial charge in [0.15, 0.2) is 0 Å². The Bertz CT molecular complexity index is 1250. The van der Waals surface area contributed by atoms with E-state index in [4.69, 9.17) is 21.1 Å². The van der Waals surface area contributed by atoms with Gasteiger partial charge in [-0.15, -0.1) is 0 Å². The summed E-state index contributed by atoms with van der Waals surface area (Å²) in [5, 5.41) is 5.86. The second-order valence-electron chi connectivity index (χ2n) is 7.83. The lowest BCUT2D eigenvalue weighted by atomic mass is 9.92. The lowest BCUT2D eigenvalue weighted by Gasteiger charge is -2.35. The lowest BCUT2D eigenvalue weighted by molar-refractivity contribution is 0.0932. The molecule has 4 aromatic rings. The molecule has 170 valence electrons. The Morgan fingerprint density at radius 2 is 2.09 bits per heavy atom. The third kappa shape index (κ3) is 4.26. The first-order chi connectivity index (χ1) is 16.1. The monoisotopic (exact) mass is 465 g/mol. The summed E-state index contributed by atoms with van der Waals surface area (Å²) in [6, 6.07) is 13.4. The van der Waals surface area contributed by atoms with E-state index in [1.807, 2.05) is 49.4 Å². The SMILES string of the molecule is CCOC(=O)N1CCc2c([nH]c3ccc(Cl)cc23)C1c1ccc(OCCn2cncn2)cc1. The average Bonchev–Trinajstić information content (AvgIpc) is 3.47. The smallest absolute Gasteiger partial charge is 0.410 e. The van der Waals surface area contributed by atoms with Crippen molar-refractivity contribution in [1.82, 2.24) is 24.6 Å². The standard InChI is InChI=1S/C24H24ClN5O3/c1-2-32-24(31)30-10-9-19-20-13-17(25)5-8-21(20)28-22(19)23(30)16-3-6-18(7-4-16)33-12-11-29-15-26-14-27-29/h3-8,13-15,23,28H,2,9-12H2,1H3. The predicted molar refractivity (Wildman–Crippen MR) is 125 cm³/mol. The van der Waals surface area contributed by atoms with E-state index in [1.54, 1.807) is 15.9 Å². The molecule has 0 saturated heterocycles. The van der Waals surface area contributed by atoms with Crippen LogP contribution in [0.15, 0.2) is 55.1 Å². The maximum atomic E-state index is 12.8. The van der Waals surface area contributed by atoms with Crippen molar-refractivity contribution in [1.29, 1.82) is 0 Å². The first-order valence-corrected chi connectivity index (χ1v) is 11.3. The van der Waals surface area contributed by atoms with E-state index in [0.717, 1.165) is 34.3 Å². The number of halogens is 1. The summed E-state index contributed by atoms with van der Waals surface area (Å²) in [7, 11) is 0. The van der Waals surface area contributed by atoms with E-state index in [-0.39, 0.29) is 12.1 Å². The molecule has 1 unspecified atom stereocenters. The van der Waals surface area contributed by atoms with Gasteiger partial charge < -0.3 is 14.5 Å². The minimum atomic E-state index is -0.321. The number of nitrogens with one attached hydrogen (secondary N) is 1. The van der Waals surface area contributed by atoms with Gasteiger partial charge in [-0.3, -0.25) is 4.90 Å². The number of H-pyrrole nitrogens is 1. The van der Waals surface area contributed by atoms with Gasteiger partial charge in [-0.05, 0) is 54.8 Å². The zero-order valence-electron chi connectivity index (χ0n) is 18.2. The minimum absolute atomic E-state index is 0.289. The number of carbonyl (C=O) groups excluding carboxylic acids is 1. The topological polar surface area (TPSA) is 85.3 Å². The first kappa shape index (κ1) is 21.3. The molecule has 0 saturated carbocycles. The number of aromatic amines is 1. The Labute approximate surface area is 196 Å². The Kier molecular flexibility index (Phi) is 5.92. The molecule has 1 atom stereocenters. The van der Waals surface area contributed by atoms with Gasteiger partial charge >= 0.3 is 6.09 Å². The van der Waals surface area contributed by atoms with Crippen molar-refractivity contribution >= 4 is 28.6 Å². The molecule has 1 aliphatic heterocycles. The van der Waals surface area contributed by atoms with Crippen LogP contribution in [0.25, 0.3) is 10.9 Å². The molecule has 5 rings (SSSR count). The summed E-state index contributed by atoms with van der Waals surface area (Å²) in [4.78, 5) is 22.1. The molecule has 33 heavy (non-hydrogen) atoms. The summed E-state index contributed by atoms with van der Waals surface area (Å²) in [5.41, 5.74) is 4.16. The van der Waals surface area contributed by atoms with E-state index < -0.39 is 0 Å². The summed E-state index contributed by atoms with van der Waals surface area (Å²) in [6.07, 6.45) is 3.57. The maximum absolute atomic E-state index is 12.8. The number of amides is 1. The molecule has 0 aliphatic carbocycles. The Morgan fingerprint density at radius 1 is 1.24 bits per heavy atom. The fourth-order valence-corrected chi connectivity index (χ4v) is 4.53. The third-order valence-corrected chi connectivity index (χ3v) is 6.08. The molecule has 0 radical (unpaired) electrons. The van der Waals surface area contributed by atoms with E-state index in [0.29, 0.717) is 31.3 Å². The van der Waals surface area contributed by atoms with Crippen LogP contribution in [0.5, 0.6) is 5.75 Å². The molecule has 1 aliphatic rings. The number of carbonyl (C=O) groups is 1. The minimum Gasteiger partial charge on any atom is -0.492 e. The van der Waals surface area contributed by atoms with Crippen molar-refractivity contribution in [3.63, 3.8) is 0 Å². The number of fused-ring (bicyclic) bond motifs is 3. The molecule has 0 bridgehead atoms. The molecule has 8 nitrogen and oxygen atoms in total.